The summed E-state index contributed by atoms with van der Waals surface area (Å²) in [5.74, 6) is 0.378. The monoisotopic (exact) mass is 346 g/mol. The van der Waals surface area contributed by atoms with Crippen LogP contribution in [0, 0.1) is 5.92 Å². The van der Waals surface area contributed by atoms with Crippen molar-refractivity contribution in [3.8, 4) is 0 Å². The van der Waals surface area contributed by atoms with Gasteiger partial charge in [0.15, 0.2) is 0 Å². The number of rotatable bonds is 4. The summed E-state index contributed by atoms with van der Waals surface area (Å²) in [7, 11) is 1.74. The van der Waals surface area contributed by atoms with E-state index in [1.54, 1.807) is 7.11 Å². The number of methoxy groups -OCH3 is 1. The minimum Gasteiger partial charge on any atom is -0.444 e. The number of hydrogen-bond donors (Lipinski definition) is 0. The number of benzene rings is 1. The highest BCUT2D eigenvalue weighted by Crippen LogP contribution is 2.36. The summed E-state index contributed by atoms with van der Waals surface area (Å²) in [6.07, 6.45) is 0.809. The molecule has 2 aliphatic heterocycles. The van der Waals surface area contributed by atoms with E-state index < -0.39 is 5.60 Å². The van der Waals surface area contributed by atoms with E-state index in [0.717, 1.165) is 26.1 Å². The molecule has 25 heavy (non-hydrogen) atoms. The van der Waals surface area contributed by atoms with Crippen LogP contribution in [0.2, 0.25) is 0 Å². The highest BCUT2D eigenvalue weighted by atomic mass is 16.6. The van der Waals surface area contributed by atoms with Gasteiger partial charge in [-0.05, 0) is 32.8 Å². The molecule has 5 nitrogen and oxygen atoms in total. The zero-order valence-electron chi connectivity index (χ0n) is 15.8. The number of ether oxygens (including phenoxy) is 2. The van der Waals surface area contributed by atoms with Crippen molar-refractivity contribution in [3.63, 3.8) is 0 Å². The van der Waals surface area contributed by atoms with E-state index in [1.165, 1.54) is 5.56 Å². The Morgan fingerprint density at radius 3 is 2.56 bits per heavy atom. The lowest BCUT2D eigenvalue weighted by Gasteiger charge is -2.42. The second-order valence-corrected chi connectivity index (χ2v) is 8.24. The number of hydrogen-bond acceptors (Lipinski definition) is 4. The Labute approximate surface area is 150 Å². The van der Waals surface area contributed by atoms with E-state index in [2.05, 4.69) is 29.2 Å². The number of carbonyl (C=O) groups is 1. The van der Waals surface area contributed by atoms with Gasteiger partial charge in [0, 0.05) is 38.7 Å². The quantitative estimate of drug-likeness (QED) is 0.840. The van der Waals surface area contributed by atoms with Crippen LogP contribution in [-0.4, -0.2) is 60.4 Å². The molecule has 0 saturated carbocycles. The van der Waals surface area contributed by atoms with E-state index in [0.29, 0.717) is 12.5 Å². The maximum absolute atomic E-state index is 12.7. The molecular weight excluding hydrogens is 316 g/mol. The van der Waals surface area contributed by atoms with Gasteiger partial charge in [0.05, 0.1) is 12.6 Å². The molecule has 0 aromatic heterocycles. The predicted octanol–water partition coefficient (Wildman–Crippen LogP) is 3.14. The fourth-order valence-corrected chi connectivity index (χ4v) is 4.12. The van der Waals surface area contributed by atoms with Crippen molar-refractivity contribution in [2.75, 3.05) is 26.8 Å². The van der Waals surface area contributed by atoms with E-state index in [4.69, 9.17) is 9.47 Å². The molecule has 1 aromatic carbocycles. The average Bonchev–Trinajstić information content (AvgIpc) is 2.75. The van der Waals surface area contributed by atoms with Crippen molar-refractivity contribution in [2.24, 2.45) is 5.92 Å². The van der Waals surface area contributed by atoms with Crippen LogP contribution in [0.25, 0.3) is 0 Å². The predicted molar refractivity (Wildman–Crippen MR) is 97.4 cm³/mol. The summed E-state index contributed by atoms with van der Waals surface area (Å²) in [5.41, 5.74) is 0.852. The third kappa shape index (κ3) is 4.33. The third-order valence-electron chi connectivity index (χ3n) is 5.02. The summed E-state index contributed by atoms with van der Waals surface area (Å²) in [6, 6.07) is 10.9. The van der Waals surface area contributed by atoms with Crippen LogP contribution < -0.4 is 0 Å². The Morgan fingerprint density at radius 2 is 1.92 bits per heavy atom. The van der Waals surface area contributed by atoms with E-state index in [1.807, 2.05) is 31.7 Å². The molecule has 2 aliphatic rings. The van der Waals surface area contributed by atoms with Gasteiger partial charge in [0.2, 0.25) is 0 Å². The Hall–Kier alpha value is -1.59. The molecule has 0 radical (unpaired) electrons. The molecule has 3 atom stereocenters. The largest absolute Gasteiger partial charge is 0.444 e. The van der Waals surface area contributed by atoms with Gasteiger partial charge in [0.25, 0.3) is 0 Å². The van der Waals surface area contributed by atoms with Gasteiger partial charge >= 0.3 is 6.09 Å². The molecule has 1 aromatic rings. The van der Waals surface area contributed by atoms with Crippen molar-refractivity contribution in [2.45, 2.75) is 51.4 Å². The first-order valence-electron chi connectivity index (χ1n) is 9.14. The topological polar surface area (TPSA) is 42.0 Å². The number of nitrogens with zero attached hydrogens (tertiary/aromatic N) is 2. The van der Waals surface area contributed by atoms with Crippen LogP contribution in [0.4, 0.5) is 4.79 Å². The molecule has 0 aliphatic carbocycles. The van der Waals surface area contributed by atoms with Crippen molar-refractivity contribution in [1.29, 1.82) is 0 Å². The van der Waals surface area contributed by atoms with Crippen LogP contribution >= 0.6 is 0 Å². The van der Waals surface area contributed by atoms with Crippen LogP contribution in [0.15, 0.2) is 30.3 Å². The minimum atomic E-state index is -0.464. The molecule has 0 N–H and O–H groups in total. The molecule has 0 spiro atoms. The van der Waals surface area contributed by atoms with Gasteiger partial charge in [-0.15, -0.1) is 0 Å². The Balaban J connectivity index is 1.72. The number of amides is 1. The van der Waals surface area contributed by atoms with Gasteiger partial charge in [0.1, 0.15) is 5.60 Å². The Kier molecular flexibility index (Phi) is 5.35. The molecule has 3 unspecified atom stereocenters. The first kappa shape index (κ1) is 18.2. The Bertz CT molecular complexity index is 584. The molecule has 3 rings (SSSR count). The summed E-state index contributed by atoms with van der Waals surface area (Å²) in [5, 5.41) is 0. The molecule has 2 fully saturated rings. The molecule has 2 bridgehead atoms. The summed E-state index contributed by atoms with van der Waals surface area (Å²) in [6.45, 7) is 9.15. The van der Waals surface area contributed by atoms with Crippen LogP contribution in [0.1, 0.15) is 32.8 Å². The van der Waals surface area contributed by atoms with Crippen molar-refractivity contribution in [3.05, 3.63) is 35.9 Å². The maximum Gasteiger partial charge on any atom is 0.410 e. The fourth-order valence-electron chi connectivity index (χ4n) is 4.12. The molecular formula is C20H30N2O3. The number of piperazine rings is 1. The zero-order chi connectivity index (χ0) is 18.0. The maximum atomic E-state index is 12.7. The van der Waals surface area contributed by atoms with Crippen LogP contribution in [0.5, 0.6) is 0 Å². The lowest BCUT2D eigenvalue weighted by Crippen LogP contribution is -2.57. The molecule has 2 heterocycles. The number of carbonyl (C=O) groups excluding carboxylic acids is 1. The lowest BCUT2D eigenvalue weighted by atomic mass is 10.0. The smallest absolute Gasteiger partial charge is 0.410 e. The minimum absolute atomic E-state index is 0.164. The van der Waals surface area contributed by atoms with E-state index in [9.17, 15) is 4.79 Å². The summed E-state index contributed by atoms with van der Waals surface area (Å²) >= 11 is 0. The fraction of sp³-hybridized carbons (Fsp3) is 0.650. The van der Waals surface area contributed by atoms with Crippen molar-refractivity contribution in [1.82, 2.24) is 9.80 Å². The second-order valence-electron chi connectivity index (χ2n) is 8.24. The van der Waals surface area contributed by atoms with Gasteiger partial charge in [-0.25, -0.2) is 4.79 Å². The average molecular weight is 346 g/mol. The van der Waals surface area contributed by atoms with E-state index >= 15 is 0 Å². The molecule has 5 heteroatoms. The van der Waals surface area contributed by atoms with Gasteiger partial charge in [-0.2, -0.15) is 0 Å². The summed E-state index contributed by atoms with van der Waals surface area (Å²) < 4.78 is 11.1. The van der Waals surface area contributed by atoms with Crippen molar-refractivity contribution >= 4 is 6.09 Å². The van der Waals surface area contributed by atoms with E-state index in [-0.39, 0.29) is 18.2 Å². The molecule has 1 amide bonds. The molecule has 2 saturated heterocycles. The number of fused-ring (bicyclic) bond motifs is 2. The Morgan fingerprint density at radius 1 is 1.20 bits per heavy atom. The standard InChI is InChI=1S/C20H30N2O3/c1-20(2,3)25-19(23)22-17-10-16(14-24-4)18(22)13-21(12-17)11-15-8-6-5-7-9-15/h5-9,16-18H,10-14H2,1-4H3. The highest BCUT2D eigenvalue weighted by molar-refractivity contribution is 5.70. The third-order valence-corrected chi connectivity index (χ3v) is 5.02. The normalized spacial score (nSPS) is 26.7. The lowest BCUT2D eigenvalue weighted by molar-refractivity contribution is -0.0108. The first-order valence-corrected chi connectivity index (χ1v) is 9.14. The summed E-state index contributed by atoms with van der Waals surface area (Å²) in [4.78, 5) is 17.2. The second kappa shape index (κ2) is 7.34. The van der Waals surface area contributed by atoms with Crippen LogP contribution in [-0.2, 0) is 16.0 Å². The number of likely N-dealkylation sites (tertiary alicyclic amines) is 1. The SMILES string of the molecule is COCC1CC2CN(Cc3ccccc3)CC1N2C(=O)OC(C)(C)C. The molecule has 138 valence electrons. The zero-order valence-corrected chi connectivity index (χ0v) is 15.8. The van der Waals surface area contributed by atoms with Gasteiger partial charge in [-0.1, -0.05) is 30.3 Å². The van der Waals surface area contributed by atoms with Crippen LogP contribution in [0.3, 0.4) is 0 Å². The van der Waals surface area contributed by atoms with Gasteiger partial charge < -0.3 is 9.47 Å². The highest BCUT2D eigenvalue weighted by Gasteiger charge is 2.49. The first-order chi connectivity index (χ1) is 11.9. The van der Waals surface area contributed by atoms with Crippen molar-refractivity contribution < 1.29 is 14.3 Å². The van der Waals surface area contributed by atoms with Gasteiger partial charge in [-0.3, -0.25) is 9.80 Å².